The molecular weight excluding hydrogens is 434 g/mol. The number of hydrogen-bond acceptors (Lipinski definition) is 6. The highest BCUT2D eigenvalue weighted by atomic mass is 32.2. The SMILES string of the molecule is CC1CN(S(=O)(=O)c2ccc(NC(=O)c3ccccc3[N+](=O)[O-])cc2)c2ccccc2O1. The molecule has 1 atom stereocenters. The van der Waals surface area contributed by atoms with Crippen molar-refractivity contribution in [2.45, 2.75) is 17.9 Å². The number of rotatable bonds is 5. The van der Waals surface area contributed by atoms with Gasteiger partial charge in [-0.25, -0.2) is 8.42 Å². The summed E-state index contributed by atoms with van der Waals surface area (Å²) in [5, 5.41) is 13.7. The first-order valence-corrected chi connectivity index (χ1v) is 11.1. The van der Waals surface area contributed by atoms with Crippen LogP contribution in [0.25, 0.3) is 0 Å². The van der Waals surface area contributed by atoms with E-state index in [-0.39, 0.29) is 28.8 Å². The van der Waals surface area contributed by atoms with Crippen LogP contribution in [0.1, 0.15) is 17.3 Å². The van der Waals surface area contributed by atoms with Gasteiger partial charge < -0.3 is 10.1 Å². The molecule has 9 nitrogen and oxygen atoms in total. The molecule has 0 spiro atoms. The van der Waals surface area contributed by atoms with Crippen LogP contribution in [0, 0.1) is 10.1 Å². The molecule has 1 aliphatic rings. The van der Waals surface area contributed by atoms with E-state index in [4.69, 9.17) is 4.74 Å². The third kappa shape index (κ3) is 4.00. The maximum Gasteiger partial charge on any atom is 0.282 e. The minimum absolute atomic E-state index is 0.0464. The fraction of sp³-hybridized carbons (Fsp3) is 0.136. The summed E-state index contributed by atoms with van der Waals surface area (Å²) >= 11 is 0. The van der Waals surface area contributed by atoms with Gasteiger partial charge in [-0.2, -0.15) is 0 Å². The number of nitro benzene ring substituents is 1. The van der Waals surface area contributed by atoms with Crippen molar-refractivity contribution in [2.24, 2.45) is 0 Å². The van der Waals surface area contributed by atoms with Crippen molar-refractivity contribution in [1.29, 1.82) is 0 Å². The molecule has 0 aliphatic carbocycles. The van der Waals surface area contributed by atoms with Crippen molar-refractivity contribution >= 4 is 33.0 Å². The van der Waals surface area contributed by atoms with Gasteiger partial charge in [0.1, 0.15) is 17.4 Å². The van der Waals surface area contributed by atoms with E-state index in [0.717, 1.165) is 0 Å². The zero-order valence-corrected chi connectivity index (χ0v) is 17.8. The zero-order chi connectivity index (χ0) is 22.9. The smallest absolute Gasteiger partial charge is 0.282 e. The minimum atomic E-state index is -3.87. The predicted octanol–water partition coefficient (Wildman–Crippen LogP) is 3.82. The van der Waals surface area contributed by atoms with Crippen molar-refractivity contribution in [3.63, 3.8) is 0 Å². The Labute approximate surface area is 184 Å². The average molecular weight is 453 g/mol. The van der Waals surface area contributed by atoms with Crippen molar-refractivity contribution in [2.75, 3.05) is 16.2 Å². The van der Waals surface area contributed by atoms with Crippen LogP contribution in [0.4, 0.5) is 17.1 Å². The summed E-state index contributed by atoms with van der Waals surface area (Å²) in [7, 11) is -3.87. The molecule has 1 heterocycles. The van der Waals surface area contributed by atoms with E-state index >= 15 is 0 Å². The third-order valence-electron chi connectivity index (χ3n) is 4.93. The number of nitro groups is 1. The number of carbonyl (C=O) groups excluding carboxylic acids is 1. The first-order valence-electron chi connectivity index (χ1n) is 9.70. The number of amides is 1. The molecule has 1 amide bonds. The number of nitrogens with zero attached hydrogens (tertiary/aromatic N) is 2. The number of hydrogen-bond donors (Lipinski definition) is 1. The van der Waals surface area contributed by atoms with Gasteiger partial charge in [0, 0.05) is 11.8 Å². The predicted molar refractivity (Wildman–Crippen MR) is 119 cm³/mol. The quantitative estimate of drug-likeness (QED) is 0.463. The van der Waals surface area contributed by atoms with Crippen LogP contribution in [-0.2, 0) is 10.0 Å². The maximum atomic E-state index is 13.3. The molecule has 1 N–H and O–H groups in total. The van der Waals surface area contributed by atoms with Crippen LogP contribution in [0.15, 0.2) is 77.7 Å². The topological polar surface area (TPSA) is 119 Å². The number of fused-ring (bicyclic) bond motifs is 1. The standard InChI is InChI=1S/C22H19N3O6S/c1-15-14-24(20-8-4-5-9-21(20)31-15)32(29,30)17-12-10-16(11-13-17)23-22(26)18-6-2-3-7-19(18)25(27)28/h2-13,15H,14H2,1H3,(H,23,26). The molecule has 1 aliphatic heterocycles. The highest BCUT2D eigenvalue weighted by Gasteiger charge is 2.32. The van der Waals surface area contributed by atoms with E-state index in [0.29, 0.717) is 17.1 Å². The van der Waals surface area contributed by atoms with Gasteiger partial charge in [0.05, 0.1) is 22.1 Å². The molecule has 0 radical (unpaired) electrons. The molecule has 0 saturated heterocycles. The summed E-state index contributed by atoms with van der Waals surface area (Å²) in [4.78, 5) is 23.0. The normalized spacial score (nSPS) is 15.4. The van der Waals surface area contributed by atoms with E-state index in [1.54, 1.807) is 31.2 Å². The summed E-state index contributed by atoms with van der Waals surface area (Å²) < 4.78 is 33.6. The molecule has 164 valence electrons. The third-order valence-corrected chi connectivity index (χ3v) is 6.72. The number of sulfonamides is 1. The highest BCUT2D eigenvalue weighted by molar-refractivity contribution is 7.92. The Hall–Kier alpha value is -3.92. The molecule has 3 aromatic carbocycles. The summed E-state index contributed by atoms with van der Waals surface area (Å²) in [6.07, 6.45) is -0.320. The molecule has 0 fully saturated rings. The zero-order valence-electron chi connectivity index (χ0n) is 17.0. The Morgan fingerprint density at radius 2 is 1.72 bits per heavy atom. The van der Waals surface area contributed by atoms with Gasteiger partial charge in [0.2, 0.25) is 0 Å². The molecule has 3 aromatic rings. The van der Waals surface area contributed by atoms with Gasteiger partial charge in [0.25, 0.3) is 21.6 Å². The number of anilines is 2. The molecule has 0 aromatic heterocycles. The number of para-hydroxylation sites is 3. The lowest BCUT2D eigenvalue weighted by Crippen LogP contribution is -2.42. The highest BCUT2D eigenvalue weighted by Crippen LogP contribution is 2.36. The van der Waals surface area contributed by atoms with Crippen LogP contribution in [0.2, 0.25) is 0 Å². The van der Waals surface area contributed by atoms with Gasteiger partial charge in [-0.3, -0.25) is 19.2 Å². The number of nitrogens with one attached hydrogen (secondary N) is 1. The van der Waals surface area contributed by atoms with E-state index in [1.165, 1.54) is 52.8 Å². The molecule has 4 rings (SSSR count). The lowest BCUT2D eigenvalue weighted by atomic mass is 10.1. The molecular formula is C22H19N3O6S. The van der Waals surface area contributed by atoms with Crippen molar-refractivity contribution in [3.05, 3.63) is 88.5 Å². The molecule has 32 heavy (non-hydrogen) atoms. The molecule has 10 heteroatoms. The Balaban J connectivity index is 1.58. The van der Waals surface area contributed by atoms with Crippen LogP contribution in [0.5, 0.6) is 5.75 Å². The van der Waals surface area contributed by atoms with Gasteiger partial charge in [-0.05, 0) is 49.4 Å². The van der Waals surface area contributed by atoms with E-state index in [1.807, 2.05) is 0 Å². The fourth-order valence-electron chi connectivity index (χ4n) is 3.44. The van der Waals surface area contributed by atoms with Crippen LogP contribution in [0.3, 0.4) is 0 Å². The van der Waals surface area contributed by atoms with Crippen LogP contribution >= 0.6 is 0 Å². The number of carbonyl (C=O) groups is 1. The van der Waals surface area contributed by atoms with Crippen LogP contribution < -0.4 is 14.4 Å². The largest absolute Gasteiger partial charge is 0.487 e. The Morgan fingerprint density at radius 1 is 1.06 bits per heavy atom. The number of ether oxygens (including phenoxy) is 1. The number of benzene rings is 3. The maximum absolute atomic E-state index is 13.3. The first kappa shape index (κ1) is 21.3. The van der Waals surface area contributed by atoms with Crippen molar-refractivity contribution in [1.82, 2.24) is 0 Å². The second-order valence-electron chi connectivity index (χ2n) is 7.19. The molecule has 1 unspecified atom stereocenters. The Bertz CT molecular complexity index is 1290. The van der Waals surface area contributed by atoms with Gasteiger partial charge >= 0.3 is 0 Å². The van der Waals surface area contributed by atoms with E-state index in [9.17, 15) is 23.3 Å². The summed E-state index contributed by atoms with van der Waals surface area (Å²) in [5.74, 6) is -0.174. The second kappa shape index (κ2) is 8.31. The molecule has 0 saturated carbocycles. The van der Waals surface area contributed by atoms with Gasteiger partial charge in [-0.15, -0.1) is 0 Å². The van der Waals surface area contributed by atoms with Crippen LogP contribution in [-0.4, -0.2) is 31.9 Å². The average Bonchev–Trinajstić information content (AvgIpc) is 2.78. The first-order chi connectivity index (χ1) is 15.3. The molecule has 0 bridgehead atoms. The van der Waals surface area contributed by atoms with E-state index in [2.05, 4.69) is 5.32 Å². The Morgan fingerprint density at radius 3 is 2.44 bits per heavy atom. The lowest BCUT2D eigenvalue weighted by Gasteiger charge is -2.34. The second-order valence-corrected chi connectivity index (χ2v) is 9.05. The minimum Gasteiger partial charge on any atom is -0.487 e. The fourth-order valence-corrected chi connectivity index (χ4v) is 4.99. The summed E-state index contributed by atoms with van der Waals surface area (Å²) in [6, 6.07) is 18.1. The van der Waals surface area contributed by atoms with Gasteiger partial charge in [0.15, 0.2) is 0 Å². The van der Waals surface area contributed by atoms with E-state index < -0.39 is 20.9 Å². The lowest BCUT2D eigenvalue weighted by molar-refractivity contribution is -0.385. The Kier molecular flexibility index (Phi) is 5.54. The summed E-state index contributed by atoms with van der Waals surface area (Å²) in [5.41, 5.74) is 0.361. The van der Waals surface area contributed by atoms with Crippen molar-refractivity contribution < 1.29 is 22.9 Å². The monoisotopic (exact) mass is 453 g/mol. The summed E-state index contributed by atoms with van der Waals surface area (Å²) in [6.45, 7) is 1.95. The van der Waals surface area contributed by atoms with Gasteiger partial charge in [-0.1, -0.05) is 24.3 Å². The van der Waals surface area contributed by atoms with Crippen molar-refractivity contribution in [3.8, 4) is 5.75 Å².